The van der Waals surface area contributed by atoms with Gasteiger partial charge in [-0.3, -0.25) is 9.59 Å². The highest BCUT2D eigenvalue weighted by Gasteiger charge is 2.38. The third kappa shape index (κ3) is 4.42. The number of halogens is 2. The molecule has 1 aromatic carbocycles. The van der Waals surface area contributed by atoms with E-state index < -0.39 is 17.2 Å². The SMILES string of the molecule is CCC(CC)(CC(=O)NC1CCN(c2ccc(F)c(Cl)c2)C1)C(=O)O. The van der Waals surface area contributed by atoms with E-state index in [-0.39, 0.29) is 23.4 Å². The van der Waals surface area contributed by atoms with Gasteiger partial charge in [0.1, 0.15) is 5.82 Å². The highest BCUT2D eigenvalue weighted by molar-refractivity contribution is 6.31. The van der Waals surface area contributed by atoms with E-state index in [0.717, 1.165) is 18.7 Å². The Morgan fingerprint density at radius 2 is 2.08 bits per heavy atom. The van der Waals surface area contributed by atoms with E-state index in [1.165, 1.54) is 6.07 Å². The van der Waals surface area contributed by atoms with Crippen LogP contribution in [-0.4, -0.2) is 36.1 Å². The van der Waals surface area contributed by atoms with Crippen LogP contribution in [0.5, 0.6) is 0 Å². The maximum absolute atomic E-state index is 13.3. The van der Waals surface area contributed by atoms with Gasteiger partial charge in [0.2, 0.25) is 5.91 Å². The fourth-order valence-electron chi connectivity index (χ4n) is 3.26. The molecule has 1 unspecified atom stereocenters. The molecule has 1 aliphatic rings. The van der Waals surface area contributed by atoms with Gasteiger partial charge in [-0.05, 0) is 37.5 Å². The minimum Gasteiger partial charge on any atom is -0.481 e. The molecule has 5 nitrogen and oxygen atoms in total. The predicted octanol–water partition coefficient (Wildman–Crippen LogP) is 3.46. The fourth-order valence-corrected chi connectivity index (χ4v) is 3.43. The molecule has 0 aromatic heterocycles. The van der Waals surface area contributed by atoms with Gasteiger partial charge in [0.05, 0.1) is 10.4 Å². The molecule has 0 saturated carbocycles. The van der Waals surface area contributed by atoms with Crippen molar-refractivity contribution in [1.29, 1.82) is 0 Å². The van der Waals surface area contributed by atoms with Crippen LogP contribution in [0.3, 0.4) is 0 Å². The number of rotatable bonds is 7. The van der Waals surface area contributed by atoms with Crippen LogP contribution in [0.15, 0.2) is 18.2 Å². The molecule has 0 bridgehead atoms. The van der Waals surface area contributed by atoms with E-state index in [1.54, 1.807) is 26.0 Å². The van der Waals surface area contributed by atoms with Crippen LogP contribution >= 0.6 is 11.6 Å². The normalized spacial score (nSPS) is 17.6. The summed E-state index contributed by atoms with van der Waals surface area (Å²) in [5.41, 5.74) is -0.197. The first-order chi connectivity index (χ1) is 11.8. The lowest BCUT2D eigenvalue weighted by Gasteiger charge is -2.26. The van der Waals surface area contributed by atoms with E-state index in [0.29, 0.717) is 19.4 Å². The second kappa shape index (κ2) is 8.04. The smallest absolute Gasteiger partial charge is 0.310 e. The summed E-state index contributed by atoms with van der Waals surface area (Å²) in [6, 6.07) is 4.50. The van der Waals surface area contributed by atoms with Crippen LogP contribution in [0.2, 0.25) is 5.02 Å². The zero-order valence-electron chi connectivity index (χ0n) is 14.5. The van der Waals surface area contributed by atoms with E-state index in [9.17, 15) is 19.1 Å². The third-order valence-corrected chi connectivity index (χ3v) is 5.42. The van der Waals surface area contributed by atoms with Crippen molar-refractivity contribution in [1.82, 2.24) is 5.32 Å². The number of carboxylic acid groups (broad SMARTS) is 1. The topological polar surface area (TPSA) is 69.6 Å². The first-order valence-electron chi connectivity index (χ1n) is 8.54. The number of nitrogens with zero attached hydrogens (tertiary/aromatic N) is 1. The van der Waals surface area contributed by atoms with Gasteiger partial charge in [-0.15, -0.1) is 0 Å². The zero-order valence-corrected chi connectivity index (χ0v) is 15.3. The third-order valence-electron chi connectivity index (χ3n) is 5.13. The maximum Gasteiger partial charge on any atom is 0.310 e. The number of carbonyl (C=O) groups excluding carboxylic acids is 1. The van der Waals surface area contributed by atoms with Crippen molar-refractivity contribution < 1.29 is 19.1 Å². The summed E-state index contributed by atoms with van der Waals surface area (Å²) in [7, 11) is 0. The van der Waals surface area contributed by atoms with Crippen LogP contribution < -0.4 is 10.2 Å². The summed E-state index contributed by atoms with van der Waals surface area (Å²) < 4.78 is 13.3. The number of carboxylic acids is 1. The Balaban J connectivity index is 1.95. The minimum absolute atomic E-state index is 0.0196. The molecule has 2 rings (SSSR count). The van der Waals surface area contributed by atoms with Crippen molar-refractivity contribution in [3.63, 3.8) is 0 Å². The molecule has 25 heavy (non-hydrogen) atoms. The second-order valence-electron chi connectivity index (χ2n) is 6.57. The van der Waals surface area contributed by atoms with Crippen LogP contribution in [0, 0.1) is 11.2 Å². The van der Waals surface area contributed by atoms with E-state index in [4.69, 9.17) is 11.6 Å². The highest BCUT2D eigenvalue weighted by Crippen LogP contribution is 2.31. The van der Waals surface area contributed by atoms with Crippen molar-refractivity contribution in [3.8, 4) is 0 Å². The number of nitrogens with one attached hydrogen (secondary N) is 1. The Labute approximate surface area is 152 Å². The lowest BCUT2D eigenvalue weighted by Crippen LogP contribution is -2.42. The molecule has 1 fully saturated rings. The second-order valence-corrected chi connectivity index (χ2v) is 6.97. The quantitative estimate of drug-likeness (QED) is 0.771. The fraction of sp³-hybridized carbons (Fsp3) is 0.556. The Hall–Kier alpha value is -1.82. The lowest BCUT2D eigenvalue weighted by molar-refractivity contribution is -0.152. The number of carbonyl (C=O) groups is 2. The average molecular weight is 371 g/mol. The molecule has 0 radical (unpaired) electrons. The summed E-state index contributed by atoms with van der Waals surface area (Å²) in [6.07, 6.45) is 1.56. The number of aliphatic carboxylic acids is 1. The molecule has 1 atom stereocenters. The Morgan fingerprint density at radius 3 is 2.64 bits per heavy atom. The number of amides is 1. The van der Waals surface area contributed by atoms with Crippen molar-refractivity contribution in [2.75, 3.05) is 18.0 Å². The minimum atomic E-state index is -1.01. The lowest BCUT2D eigenvalue weighted by atomic mass is 9.79. The molecule has 1 aliphatic heterocycles. The molecular weight excluding hydrogens is 347 g/mol. The molecule has 1 saturated heterocycles. The van der Waals surface area contributed by atoms with Gasteiger partial charge < -0.3 is 15.3 Å². The standard InChI is InChI=1S/C18H24ClFN2O3/c1-3-18(4-2,17(24)25)10-16(23)21-12-7-8-22(11-12)13-5-6-15(20)14(19)9-13/h5-6,9,12H,3-4,7-8,10-11H2,1-2H3,(H,21,23)(H,24,25). The van der Waals surface area contributed by atoms with Gasteiger partial charge in [-0.1, -0.05) is 25.4 Å². The number of benzene rings is 1. The maximum atomic E-state index is 13.3. The van der Waals surface area contributed by atoms with Crippen molar-refractivity contribution in [2.24, 2.45) is 5.41 Å². The van der Waals surface area contributed by atoms with E-state index >= 15 is 0 Å². The van der Waals surface area contributed by atoms with Crippen molar-refractivity contribution in [3.05, 3.63) is 29.0 Å². The highest BCUT2D eigenvalue weighted by atomic mass is 35.5. The van der Waals surface area contributed by atoms with Crippen LogP contribution in [0.25, 0.3) is 0 Å². The summed E-state index contributed by atoms with van der Waals surface area (Å²) >= 11 is 5.82. The summed E-state index contributed by atoms with van der Waals surface area (Å²) in [5, 5.41) is 12.4. The van der Waals surface area contributed by atoms with Crippen LogP contribution in [-0.2, 0) is 9.59 Å². The molecule has 0 spiro atoms. The Kier molecular flexibility index (Phi) is 6.27. The summed E-state index contributed by atoms with van der Waals surface area (Å²) in [6.45, 7) is 4.89. The molecule has 1 heterocycles. The Bertz CT molecular complexity index is 649. The molecule has 2 N–H and O–H groups in total. The molecule has 1 aromatic rings. The largest absolute Gasteiger partial charge is 0.481 e. The van der Waals surface area contributed by atoms with Gasteiger partial charge in [0.15, 0.2) is 0 Å². The number of anilines is 1. The molecular formula is C18H24ClFN2O3. The zero-order chi connectivity index (χ0) is 18.6. The summed E-state index contributed by atoms with van der Waals surface area (Å²) in [5.74, 6) is -1.63. The van der Waals surface area contributed by atoms with Crippen molar-refractivity contribution in [2.45, 2.75) is 45.6 Å². The molecule has 7 heteroatoms. The monoisotopic (exact) mass is 370 g/mol. The van der Waals surface area contributed by atoms with Gasteiger partial charge in [0, 0.05) is 31.2 Å². The van der Waals surface area contributed by atoms with Crippen LogP contribution in [0.4, 0.5) is 10.1 Å². The number of hydrogen-bond donors (Lipinski definition) is 2. The van der Waals surface area contributed by atoms with Gasteiger partial charge in [-0.25, -0.2) is 4.39 Å². The molecule has 1 amide bonds. The number of hydrogen-bond acceptors (Lipinski definition) is 3. The van der Waals surface area contributed by atoms with E-state index in [2.05, 4.69) is 5.32 Å². The van der Waals surface area contributed by atoms with Gasteiger partial charge >= 0.3 is 5.97 Å². The van der Waals surface area contributed by atoms with E-state index in [1.807, 2.05) is 4.90 Å². The van der Waals surface area contributed by atoms with Gasteiger partial charge in [0.25, 0.3) is 0 Å². The molecule has 138 valence electrons. The molecule has 0 aliphatic carbocycles. The first-order valence-corrected chi connectivity index (χ1v) is 8.92. The van der Waals surface area contributed by atoms with Crippen molar-refractivity contribution >= 4 is 29.2 Å². The summed E-state index contributed by atoms with van der Waals surface area (Å²) in [4.78, 5) is 25.9. The average Bonchev–Trinajstić information content (AvgIpc) is 3.03. The predicted molar refractivity (Wildman–Crippen MR) is 95.4 cm³/mol. The van der Waals surface area contributed by atoms with Crippen LogP contribution in [0.1, 0.15) is 39.5 Å². The van der Waals surface area contributed by atoms with Gasteiger partial charge in [-0.2, -0.15) is 0 Å². The Morgan fingerprint density at radius 1 is 1.40 bits per heavy atom. The first kappa shape index (κ1) is 19.5.